The number of aromatic nitrogens is 3. The molecule has 0 N–H and O–H groups in total. The van der Waals surface area contributed by atoms with Gasteiger partial charge in [-0.15, -0.1) is 0 Å². The van der Waals surface area contributed by atoms with E-state index >= 15 is 0 Å². The number of aryl methyl sites for hydroxylation is 1. The number of methoxy groups -OCH3 is 1. The minimum atomic E-state index is -3.17. The maximum absolute atomic E-state index is 14.4. The van der Waals surface area contributed by atoms with Crippen molar-refractivity contribution in [3.05, 3.63) is 60.2 Å². The van der Waals surface area contributed by atoms with E-state index in [1.807, 2.05) is 40.9 Å². The van der Waals surface area contributed by atoms with E-state index in [1.54, 1.807) is 7.11 Å². The van der Waals surface area contributed by atoms with Gasteiger partial charge in [0.25, 0.3) is 0 Å². The second-order valence-corrected chi connectivity index (χ2v) is 17.1. The molecule has 0 spiro atoms. The molecule has 2 aliphatic carbocycles. The molecule has 1 aliphatic heterocycles. The third kappa shape index (κ3) is 8.16. The van der Waals surface area contributed by atoms with Crippen molar-refractivity contribution in [1.29, 1.82) is 0 Å². The Morgan fingerprint density at radius 3 is 2.32 bits per heavy atom. The molecular formula is C38H51N5O6S. The van der Waals surface area contributed by atoms with Gasteiger partial charge in [0.1, 0.15) is 11.9 Å². The molecule has 11 nitrogen and oxygen atoms in total. The molecule has 3 heterocycles. The standard InChI is InChI=1S/C38H51N5O6S/c1-25(2)43-22-31(20-39-43)30-7-6-8-32(19-30)42(21-27-9-11-28(12-10-27)35-17-18-36(48-4)26(3)40-35)37(44)29-13-15-33(16-14-29)49-38(45)41-23-34(24-41)50(5,46)47/h6-8,17-20,22,25,27-29,33-34H,9-16,21,23-24H2,1-5H3. The molecule has 0 bridgehead atoms. The van der Waals surface area contributed by atoms with Gasteiger partial charge in [0.05, 0.1) is 24.3 Å². The summed E-state index contributed by atoms with van der Waals surface area (Å²) in [5, 5.41) is 4.02. The number of pyridine rings is 1. The smallest absolute Gasteiger partial charge is 0.410 e. The van der Waals surface area contributed by atoms with Crippen LogP contribution in [0, 0.1) is 18.8 Å². The fourth-order valence-electron chi connectivity index (χ4n) is 7.58. The number of nitrogens with zero attached hydrogens (tertiary/aromatic N) is 5. The van der Waals surface area contributed by atoms with Gasteiger partial charge in [0.2, 0.25) is 5.91 Å². The second-order valence-electron chi connectivity index (χ2n) is 14.8. The van der Waals surface area contributed by atoms with Crippen LogP contribution >= 0.6 is 0 Å². The van der Waals surface area contributed by atoms with Gasteiger partial charge in [-0.2, -0.15) is 5.10 Å². The largest absolute Gasteiger partial charge is 0.495 e. The monoisotopic (exact) mass is 705 g/mol. The lowest BCUT2D eigenvalue weighted by atomic mass is 9.79. The Hall–Kier alpha value is -3.93. The van der Waals surface area contributed by atoms with E-state index in [9.17, 15) is 18.0 Å². The van der Waals surface area contributed by atoms with Crippen molar-refractivity contribution in [2.45, 2.75) is 95.5 Å². The summed E-state index contributed by atoms with van der Waals surface area (Å²) >= 11 is 0. The summed E-state index contributed by atoms with van der Waals surface area (Å²) in [6.45, 7) is 7.19. The van der Waals surface area contributed by atoms with Crippen LogP contribution in [0.15, 0.2) is 48.8 Å². The SMILES string of the molecule is COc1ccc(C2CCC(CN(C(=O)C3CCC(OC(=O)N4CC(S(C)(=O)=O)C4)CC3)c3cccc(-c4cnn(C(C)C)c4)c3)CC2)nc1C. The molecule has 12 heteroatoms. The van der Waals surface area contributed by atoms with E-state index in [0.29, 0.717) is 44.1 Å². The first-order valence-corrected chi connectivity index (χ1v) is 20.0. The van der Waals surface area contributed by atoms with E-state index in [4.69, 9.17) is 14.5 Å². The Kier molecular flexibility index (Phi) is 10.9. The highest BCUT2D eigenvalue weighted by molar-refractivity contribution is 7.91. The zero-order valence-corrected chi connectivity index (χ0v) is 30.8. The highest BCUT2D eigenvalue weighted by Gasteiger charge is 2.40. The number of carbonyl (C=O) groups is 2. The van der Waals surface area contributed by atoms with Crippen LogP contribution in [-0.2, 0) is 19.4 Å². The van der Waals surface area contributed by atoms with E-state index in [-0.39, 0.29) is 37.1 Å². The molecule has 270 valence electrons. The van der Waals surface area contributed by atoms with Gasteiger partial charge >= 0.3 is 6.09 Å². The van der Waals surface area contributed by atoms with Gasteiger partial charge in [-0.05, 0) is 108 Å². The fourth-order valence-corrected chi connectivity index (χ4v) is 8.48. The molecule has 3 fully saturated rings. The molecular weight excluding hydrogens is 655 g/mol. The maximum atomic E-state index is 14.4. The third-order valence-electron chi connectivity index (χ3n) is 10.9. The number of likely N-dealkylation sites (tertiary alicyclic amines) is 1. The molecule has 0 radical (unpaired) electrons. The average Bonchev–Trinajstić information content (AvgIpc) is 3.57. The van der Waals surface area contributed by atoms with E-state index in [0.717, 1.165) is 59.6 Å². The summed E-state index contributed by atoms with van der Waals surface area (Å²) in [4.78, 5) is 35.4. The highest BCUT2D eigenvalue weighted by Crippen LogP contribution is 2.38. The number of ether oxygens (including phenoxy) is 2. The van der Waals surface area contributed by atoms with Gasteiger partial charge in [-0.25, -0.2) is 13.2 Å². The van der Waals surface area contributed by atoms with Crippen molar-refractivity contribution in [2.75, 3.05) is 37.9 Å². The highest BCUT2D eigenvalue weighted by atomic mass is 32.2. The van der Waals surface area contributed by atoms with Gasteiger partial charge in [0, 0.05) is 66.9 Å². The zero-order chi connectivity index (χ0) is 35.6. The van der Waals surface area contributed by atoms with E-state index < -0.39 is 21.2 Å². The molecule has 0 unspecified atom stereocenters. The van der Waals surface area contributed by atoms with E-state index in [2.05, 4.69) is 43.3 Å². The summed E-state index contributed by atoms with van der Waals surface area (Å²) in [5.41, 5.74) is 4.96. The Balaban J connectivity index is 1.13. The Bertz CT molecular complexity index is 1770. The van der Waals surface area contributed by atoms with Crippen molar-refractivity contribution < 1.29 is 27.5 Å². The van der Waals surface area contributed by atoms with Gasteiger partial charge in [-0.3, -0.25) is 14.5 Å². The Morgan fingerprint density at radius 2 is 1.70 bits per heavy atom. The lowest BCUT2D eigenvalue weighted by Gasteiger charge is -2.39. The Morgan fingerprint density at radius 1 is 0.980 bits per heavy atom. The number of hydrogen-bond acceptors (Lipinski definition) is 8. The van der Waals surface area contributed by atoms with Crippen LogP contribution in [0.2, 0.25) is 0 Å². The molecule has 6 rings (SSSR count). The first kappa shape index (κ1) is 35.9. The van der Waals surface area contributed by atoms with Crippen LogP contribution in [-0.4, -0.2) is 84.4 Å². The van der Waals surface area contributed by atoms with Gasteiger partial charge in [0.15, 0.2) is 9.84 Å². The summed E-state index contributed by atoms with van der Waals surface area (Å²) in [6, 6.07) is 12.6. The summed E-state index contributed by atoms with van der Waals surface area (Å²) in [5.74, 6) is 1.53. The number of amides is 2. The van der Waals surface area contributed by atoms with Crippen LogP contribution < -0.4 is 9.64 Å². The van der Waals surface area contributed by atoms with Crippen LogP contribution in [0.5, 0.6) is 5.75 Å². The zero-order valence-electron chi connectivity index (χ0n) is 30.0. The third-order valence-corrected chi connectivity index (χ3v) is 12.4. The summed E-state index contributed by atoms with van der Waals surface area (Å²) in [7, 11) is -1.50. The van der Waals surface area contributed by atoms with Crippen LogP contribution in [0.1, 0.15) is 88.6 Å². The fraction of sp³-hybridized carbons (Fsp3) is 0.579. The predicted octanol–water partition coefficient (Wildman–Crippen LogP) is 6.57. The van der Waals surface area contributed by atoms with Crippen LogP contribution in [0.4, 0.5) is 10.5 Å². The molecule has 2 aromatic heterocycles. The normalized spacial score (nSPS) is 23.0. The number of benzene rings is 1. The molecule has 50 heavy (non-hydrogen) atoms. The van der Waals surface area contributed by atoms with Crippen molar-refractivity contribution in [1.82, 2.24) is 19.7 Å². The molecule has 0 atom stereocenters. The van der Waals surface area contributed by atoms with Gasteiger partial charge in [-0.1, -0.05) is 12.1 Å². The minimum Gasteiger partial charge on any atom is -0.495 e. The quantitative estimate of drug-likeness (QED) is 0.232. The van der Waals surface area contributed by atoms with Crippen LogP contribution in [0.25, 0.3) is 11.1 Å². The van der Waals surface area contributed by atoms with Crippen molar-refractivity contribution in [2.24, 2.45) is 11.8 Å². The lowest BCUT2D eigenvalue weighted by molar-refractivity contribution is -0.124. The topological polar surface area (TPSA) is 124 Å². The number of carbonyl (C=O) groups excluding carboxylic acids is 2. The Labute approximate surface area is 296 Å². The van der Waals surface area contributed by atoms with E-state index in [1.165, 1.54) is 11.2 Å². The number of hydrogen-bond donors (Lipinski definition) is 0. The molecule has 2 amide bonds. The minimum absolute atomic E-state index is 0.123. The first-order valence-electron chi connectivity index (χ1n) is 18.0. The van der Waals surface area contributed by atoms with Crippen molar-refractivity contribution in [3.63, 3.8) is 0 Å². The molecule has 1 aromatic carbocycles. The summed E-state index contributed by atoms with van der Waals surface area (Å²) < 4.78 is 36.6. The van der Waals surface area contributed by atoms with Crippen LogP contribution in [0.3, 0.4) is 0 Å². The predicted molar refractivity (Wildman–Crippen MR) is 193 cm³/mol. The summed E-state index contributed by atoms with van der Waals surface area (Å²) in [6.07, 6.45) is 11.0. The lowest BCUT2D eigenvalue weighted by Crippen LogP contribution is -2.57. The number of rotatable bonds is 10. The number of sulfone groups is 1. The second kappa shape index (κ2) is 15.1. The number of anilines is 1. The first-order chi connectivity index (χ1) is 23.9. The molecule has 2 saturated carbocycles. The maximum Gasteiger partial charge on any atom is 0.410 e. The van der Waals surface area contributed by atoms with Crippen molar-refractivity contribution in [3.8, 4) is 16.9 Å². The molecule has 3 aromatic rings. The molecule has 3 aliphatic rings. The molecule has 1 saturated heterocycles. The van der Waals surface area contributed by atoms with Gasteiger partial charge < -0.3 is 19.3 Å². The van der Waals surface area contributed by atoms with Crippen molar-refractivity contribution >= 4 is 27.5 Å². The average molecular weight is 706 g/mol.